The number of carbonyl (C=O) groups excluding carboxylic acids is 1. The van der Waals surface area contributed by atoms with Gasteiger partial charge in [-0.15, -0.1) is 0 Å². The van der Waals surface area contributed by atoms with Crippen molar-refractivity contribution in [3.8, 4) is 0 Å². The molecule has 162 valence electrons. The van der Waals surface area contributed by atoms with Crippen molar-refractivity contribution in [1.29, 1.82) is 0 Å². The van der Waals surface area contributed by atoms with Crippen LogP contribution >= 0.6 is 0 Å². The highest BCUT2D eigenvalue weighted by atomic mass is 16.5. The summed E-state index contributed by atoms with van der Waals surface area (Å²) in [7, 11) is 1.76. The lowest BCUT2D eigenvalue weighted by Gasteiger charge is -2.14. The van der Waals surface area contributed by atoms with Crippen molar-refractivity contribution in [2.24, 2.45) is 16.8 Å². The highest BCUT2D eigenvalue weighted by molar-refractivity contribution is 5.92. The molecule has 1 aliphatic heterocycles. The molecule has 3 N–H and O–H groups in total. The lowest BCUT2D eigenvalue weighted by Crippen LogP contribution is -2.37. The topological polar surface area (TPSA) is 84.0 Å². The molecule has 7 nitrogen and oxygen atoms in total. The molecule has 0 spiro atoms. The van der Waals surface area contributed by atoms with E-state index in [1.165, 1.54) is 0 Å². The van der Waals surface area contributed by atoms with Crippen molar-refractivity contribution in [2.45, 2.75) is 39.7 Å². The van der Waals surface area contributed by atoms with E-state index in [1.54, 1.807) is 7.05 Å². The average molecular weight is 405 g/mol. The normalized spacial score (nSPS) is 17.8. The molecule has 0 bridgehead atoms. The third-order valence-electron chi connectivity index (χ3n) is 5.07. The van der Waals surface area contributed by atoms with Gasteiger partial charge in [-0.1, -0.05) is 26.0 Å². The smallest absolute Gasteiger partial charge is 0.227 e. The first-order valence-corrected chi connectivity index (χ1v) is 10.6. The number of aliphatic imine (C=N–C) groups is 1. The summed E-state index contributed by atoms with van der Waals surface area (Å²) < 4.78 is 11.1. The van der Waals surface area contributed by atoms with Gasteiger partial charge in [0.15, 0.2) is 5.96 Å². The molecule has 2 rings (SSSR count). The number of ether oxygens (including phenoxy) is 2. The summed E-state index contributed by atoms with van der Waals surface area (Å²) in [6, 6.07) is 7.88. The Bertz CT molecular complexity index is 645. The lowest BCUT2D eigenvalue weighted by atomic mass is 10.1. The van der Waals surface area contributed by atoms with Crippen LogP contribution < -0.4 is 16.0 Å². The zero-order chi connectivity index (χ0) is 20.9. The number of hydrogen-bond acceptors (Lipinski definition) is 4. The molecule has 0 saturated carbocycles. The molecule has 7 heteroatoms. The minimum atomic E-state index is 0.00952. The number of benzene rings is 1. The van der Waals surface area contributed by atoms with Gasteiger partial charge in [-0.25, -0.2) is 0 Å². The predicted molar refractivity (Wildman–Crippen MR) is 117 cm³/mol. The van der Waals surface area contributed by atoms with Crippen LogP contribution in [0.3, 0.4) is 0 Å². The minimum absolute atomic E-state index is 0.00952. The molecule has 1 fully saturated rings. The molecule has 29 heavy (non-hydrogen) atoms. The summed E-state index contributed by atoms with van der Waals surface area (Å²) in [5.41, 5.74) is 1.90. The van der Waals surface area contributed by atoms with Crippen LogP contribution in [0, 0.1) is 11.8 Å². The first-order valence-electron chi connectivity index (χ1n) is 10.6. The molecule has 2 unspecified atom stereocenters. The van der Waals surface area contributed by atoms with Gasteiger partial charge in [-0.05, 0) is 37.0 Å². The van der Waals surface area contributed by atoms with Crippen LogP contribution in [0.5, 0.6) is 0 Å². The number of nitrogens with one attached hydrogen (secondary N) is 3. The van der Waals surface area contributed by atoms with Crippen LogP contribution in [0.15, 0.2) is 29.3 Å². The fourth-order valence-electron chi connectivity index (χ4n) is 2.96. The van der Waals surface area contributed by atoms with E-state index < -0.39 is 0 Å². The summed E-state index contributed by atoms with van der Waals surface area (Å²) in [4.78, 5) is 16.3. The Morgan fingerprint density at radius 3 is 2.97 bits per heavy atom. The second-order valence-electron chi connectivity index (χ2n) is 7.51. The minimum Gasteiger partial charge on any atom is -0.381 e. The molecule has 1 aromatic carbocycles. The number of hydrogen-bond donors (Lipinski definition) is 3. The number of anilines is 1. The average Bonchev–Trinajstić information content (AvgIpc) is 3.25. The zero-order valence-electron chi connectivity index (χ0n) is 18.0. The summed E-state index contributed by atoms with van der Waals surface area (Å²) in [6.07, 6.45) is 2.86. The summed E-state index contributed by atoms with van der Waals surface area (Å²) >= 11 is 0. The molecule has 2 atom stereocenters. The highest BCUT2D eigenvalue weighted by Gasteiger charge is 2.15. The van der Waals surface area contributed by atoms with E-state index in [0.717, 1.165) is 69.4 Å². The molecule has 1 aromatic rings. The molecular weight excluding hydrogens is 368 g/mol. The van der Waals surface area contributed by atoms with E-state index in [2.05, 4.69) is 20.9 Å². The van der Waals surface area contributed by atoms with Crippen molar-refractivity contribution in [3.63, 3.8) is 0 Å². The molecule has 0 aromatic heterocycles. The van der Waals surface area contributed by atoms with Gasteiger partial charge in [0.1, 0.15) is 0 Å². The van der Waals surface area contributed by atoms with Gasteiger partial charge < -0.3 is 25.4 Å². The van der Waals surface area contributed by atoms with Crippen LogP contribution in [-0.2, 0) is 20.8 Å². The fraction of sp³-hybridized carbons (Fsp3) is 0.636. The molecule has 0 aliphatic carbocycles. The first-order chi connectivity index (χ1) is 14.1. The van der Waals surface area contributed by atoms with Crippen molar-refractivity contribution in [1.82, 2.24) is 10.6 Å². The molecule has 1 aliphatic rings. The number of rotatable bonds is 11. The Labute approximate surface area is 174 Å². The van der Waals surface area contributed by atoms with Crippen molar-refractivity contribution < 1.29 is 14.3 Å². The van der Waals surface area contributed by atoms with E-state index >= 15 is 0 Å². The predicted octanol–water partition coefficient (Wildman–Crippen LogP) is 2.78. The third kappa shape index (κ3) is 8.83. The number of carbonyl (C=O) groups is 1. The van der Waals surface area contributed by atoms with Gasteiger partial charge in [0.25, 0.3) is 0 Å². The third-order valence-corrected chi connectivity index (χ3v) is 5.07. The van der Waals surface area contributed by atoms with Crippen molar-refractivity contribution in [2.75, 3.05) is 45.3 Å². The number of guanidine groups is 1. The van der Waals surface area contributed by atoms with Crippen LogP contribution in [-0.4, -0.2) is 51.9 Å². The van der Waals surface area contributed by atoms with Crippen LogP contribution in [0.1, 0.15) is 38.7 Å². The van der Waals surface area contributed by atoms with Gasteiger partial charge in [-0.2, -0.15) is 0 Å². The van der Waals surface area contributed by atoms with Crippen molar-refractivity contribution in [3.05, 3.63) is 29.8 Å². The maximum absolute atomic E-state index is 12.1. The maximum atomic E-state index is 12.1. The second-order valence-corrected chi connectivity index (χ2v) is 7.51. The number of nitrogens with zero attached hydrogens (tertiary/aromatic N) is 1. The quantitative estimate of drug-likeness (QED) is 0.300. The molecule has 1 amide bonds. The fourth-order valence-corrected chi connectivity index (χ4v) is 2.96. The maximum Gasteiger partial charge on any atom is 0.227 e. The Hall–Kier alpha value is -2.12. The summed E-state index contributed by atoms with van der Waals surface area (Å²) in [5, 5.41) is 9.58. The van der Waals surface area contributed by atoms with Gasteiger partial charge in [-0.3, -0.25) is 9.79 Å². The van der Waals surface area contributed by atoms with Crippen LogP contribution in [0.4, 0.5) is 5.69 Å². The number of amides is 1. The summed E-state index contributed by atoms with van der Waals surface area (Å²) in [6.45, 7) is 8.60. The van der Waals surface area contributed by atoms with Gasteiger partial charge in [0.05, 0.1) is 13.2 Å². The highest BCUT2D eigenvalue weighted by Crippen LogP contribution is 2.13. The van der Waals surface area contributed by atoms with E-state index in [-0.39, 0.29) is 11.8 Å². The monoisotopic (exact) mass is 404 g/mol. The van der Waals surface area contributed by atoms with E-state index in [4.69, 9.17) is 9.47 Å². The molecule has 1 saturated heterocycles. The van der Waals surface area contributed by atoms with Gasteiger partial charge in [0.2, 0.25) is 5.91 Å². The standard InChI is InChI=1S/C22H36N4O3/c1-4-17(2)21(27)26-20-8-5-7-18(13-20)14-25-22(23-3)24-10-6-11-28-15-19-9-12-29-16-19/h5,7-8,13,17,19H,4,6,9-12,14-16H2,1-3H3,(H,26,27)(H2,23,24,25). The zero-order valence-corrected chi connectivity index (χ0v) is 18.0. The SMILES string of the molecule is CCC(C)C(=O)Nc1cccc(CNC(=NC)NCCCOCC2CCOC2)c1. The lowest BCUT2D eigenvalue weighted by molar-refractivity contribution is -0.119. The Balaban J connectivity index is 1.65. The van der Waals surface area contributed by atoms with Crippen molar-refractivity contribution >= 4 is 17.6 Å². The largest absolute Gasteiger partial charge is 0.381 e. The Kier molecular flexibility index (Phi) is 10.5. The van der Waals surface area contributed by atoms with E-state index in [1.807, 2.05) is 38.1 Å². The Morgan fingerprint density at radius 1 is 1.38 bits per heavy atom. The van der Waals surface area contributed by atoms with Crippen LogP contribution in [0.2, 0.25) is 0 Å². The Morgan fingerprint density at radius 2 is 2.24 bits per heavy atom. The summed E-state index contributed by atoms with van der Waals surface area (Å²) in [5.74, 6) is 1.37. The molecular formula is C22H36N4O3. The molecule has 0 radical (unpaired) electrons. The first kappa shape index (κ1) is 23.2. The second kappa shape index (κ2) is 13.2. The van der Waals surface area contributed by atoms with Crippen LogP contribution in [0.25, 0.3) is 0 Å². The van der Waals surface area contributed by atoms with E-state index in [0.29, 0.717) is 12.5 Å². The molecule has 1 heterocycles. The van der Waals surface area contributed by atoms with E-state index in [9.17, 15) is 4.79 Å². The van der Waals surface area contributed by atoms with Gasteiger partial charge >= 0.3 is 0 Å². The van der Waals surface area contributed by atoms with Gasteiger partial charge in [0, 0.05) is 50.9 Å².